The molecule has 0 unspecified atom stereocenters. The van der Waals surface area contributed by atoms with Crippen molar-refractivity contribution in [2.75, 3.05) is 24.5 Å². The molecule has 0 amide bonds. The second kappa shape index (κ2) is 7.52. The van der Waals surface area contributed by atoms with Gasteiger partial charge in [-0.2, -0.15) is 18.2 Å². The topological polar surface area (TPSA) is 41.3 Å². The van der Waals surface area contributed by atoms with Crippen LogP contribution in [0.4, 0.5) is 19.2 Å². The minimum absolute atomic E-state index is 0.0329. The smallest absolute Gasteiger partial charge is 0.406 e. The van der Waals surface area contributed by atoms with Gasteiger partial charge < -0.3 is 14.6 Å². The van der Waals surface area contributed by atoms with Gasteiger partial charge in [0, 0.05) is 13.1 Å². The minimum atomic E-state index is -4.26. The van der Waals surface area contributed by atoms with Gasteiger partial charge >= 0.3 is 6.18 Å². The average molecular weight is 293 g/mol. The molecule has 0 bridgehead atoms. The molecule has 1 N–H and O–H groups in total. The minimum Gasteiger partial charge on any atom is -0.432 e. The van der Waals surface area contributed by atoms with E-state index < -0.39 is 12.7 Å². The Morgan fingerprint density at radius 2 is 2.10 bits per heavy atom. The summed E-state index contributed by atoms with van der Waals surface area (Å²) >= 11 is 0. The first-order valence-corrected chi connectivity index (χ1v) is 6.78. The van der Waals surface area contributed by atoms with E-state index in [9.17, 15) is 13.2 Å². The van der Waals surface area contributed by atoms with Gasteiger partial charge in [-0.3, -0.25) is 0 Å². The van der Waals surface area contributed by atoms with Crippen LogP contribution in [0.2, 0.25) is 0 Å². The zero-order chi connectivity index (χ0) is 15.2. The Hall–Kier alpha value is -1.24. The molecule has 20 heavy (non-hydrogen) atoms. The molecule has 1 heterocycles. The zero-order valence-electron chi connectivity index (χ0n) is 12.1. The highest BCUT2D eigenvalue weighted by Gasteiger charge is 2.32. The van der Waals surface area contributed by atoms with Gasteiger partial charge in [-0.1, -0.05) is 20.8 Å². The Morgan fingerprint density at radius 3 is 2.65 bits per heavy atom. The van der Waals surface area contributed by atoms with E-state index in [-0.39, 0.29) is 12.6 Å². The second-order valence-electron chi connectivity index (χ2n) is 5.18. The van der Waals surface area contributed by atoms with Gasteiger partial charge in [0.25, 0.3) is 6.01 Å². The summed E-state index contributed by atoms with van der Waals surface area (Å²) in [6.45, 7) is 6.51. The molecular formula is C13H22F3N3O. The van der Waals surface area contributed by atoms with Crippen molar-refractivity contribution < 1.29 is 17.6 Å². The van der Waals surface area contributed by atoms with Crippen molar-refractivity contribution in [3.63, 3.8) is 0 Å². The highest BCUT2D eigenvalue weighted by Crippen LogP contribution is 2.22. The van der Waals surface area contributed by atoms with Gasteiger partial charge in [-0.25, -0.2) is 0 Å². The summed E-state index contributed by atoms with van der Waals surface area (Å²) in [6, 6.07) is 0.0329. The number of rotatable bonds is 8. The van der Waals surface area contributed by atoms with Crippen LogP contribution in [0.5, 0.6) is 0 Å². The number of hydrogen-bond acceptors (Lipinski definition) is 4. The maximum absolute atomic E-state index is 12.5. The van der Waals surface area contributed by atoms with E-state index in [0.29, 0.717) is 24.6 Å². The van der Waals surface area contributed by atoms with Crippen molar-refractivity contribution in [3.05, 3.63) is 12.0 Å². The van der Waals surface area contributed by atoms with Crippen molar-refractivity contribution in [2.24, 2.45) is 5.92 Å². The Morgan fingerprint density at radius 1 is 1.40 bits per heavy atom. The average Bonchev–Trinajstić information content (AvgIpc) is 2.75. The summed E-state index contributed by atoms with van der Waals surface area (Å²) < 4.78 is 42.6. The fourth-order valence-electron chi connectivity index (χ4n) is 1.74. The molecule has 0 radical (unpaired) electrons. The van der Waals surface area contributed by atoms with Crippen LogP contribution < -0.4 is 10.2 Å². The van der Waals surface area contributed by atoms with Crippen molar-refractivity contribution in [1.82, 2.24) is 10.3 Å². The van der Waals surface area contributed by atoms with Gasteiger partial charge in [0.2, 0.25) is 0 Å². The zero-order valence-corrected chi connectivity index (χ0v) is 12.1. The van der Waals surface area contributed by atoms with Crippen LogP contribution in [0.15, 0.2) is 10.7 Å². The first-order chi connectivity index (χ1) is 9.31. The maximum atomic E-state index is 12.5. The lowest BCUT2D eigenvalue weighted by molar-refractivity contribution is -0.120. The second-order valence-corrected chi connectivity index (χ2v) is 5.18. The Balaban J connectivity index is 2.61. The molecule has 0 spiro atoms. The number of nitrogens with one attached hydrogen (secondary N) is 1. The van der Waals surface area contributed by atoms with Crippen molar-refractivity contribution in [2.45, 2.75) is 39.9 Å². The lowest BCUT2D eigenvalue weighted by Gasteiger charge is -2.21. The molecule has 1 rings (SSSR count). The molecule has 0 aliphatic heterocycles. The van der Waals surface area contributed by atoms with E-state index in [1.165, 1.54) is 6.26 Å². The molecule has 1 aromatic rings. The SMILES string of the molecule is CCCN(CC(F)(F)F)c1nc(CNCC(C)C)co1. The van der Waals surface area contributed by atoms with E-state index in [4.69, 9.17) is 4.42 Å². The van der Waals surface area contributed by atoms with Crippen molar-refractivity contribution >= 4 is 6.01 Å². The molecule has 0 aliphatic carbocycles. The highest BCUT2D eigenvalue weighted by atomic mass is 19.4. The summed E-state index contributed by atoms with van der Waals surface area (Å²) in [4.78, 5) is 5.22. The van der Waals surface area contributed by atoms with E-state index in [1.807, 2.05) is 6.92 Å². The molecule has 0 saturated carbocycles. The van der Waals surface area contributed by atoms with Crippen LogP contribution in [-0.2, 0) is 6.54 Å². The highest BCUT2D eigenvalue weighted by molar-refractivity contribution is 5.27. The third kappa shape index (κ3) is 6.27. The van der Waals surface area contributed by atoms with E-state index >= 15 is 0 Å². The summed E-state index contributed by atoms with van der Waals surface area (Å²) in [6.07, 6.45) is -2.26. The number of aromatic nitrogens is 1. The lowest BCUT2D eigenvalue weighted by Crippen LogP contribution is -2.35. The van der Waals surface area contributed by atoms with Crippen LogP contribution in [0.25, 0.3) is 0 Å². The number of anilines is 1. The summed E-state index contributed by atoms with van der Waals surface area (Å²) in [7, 11) is 0. The summed E-state index contributed by atoms with van der Waals surface area (Å²) in [5.74, 6) is 0.503. The Labute approximate surface area is 117 Å². The molecule has 116 valence electrons. The van der Waals surface area contributed by atoms with Crippen LogP contribution in [-0.4, -0.2) is 30.8 Å². The van der Waals surface area contributed by atoms with Gasteiger partial charge in [-0.15, -0.1) is 0 Å². The number of nitrogens with zero attached hydrogens (tertiary/aromatic N) is 2. The summed E-state index contributed by atoms with van der Waals surface area (Å²) in [5, 5.41) is 3.17. The van der Waals surface area contributed by atoms with E-state index in [2.05, 4.69) is 24.1 Å². The van der Waals surface area contributed by atoms with Crippen molar-refractivity contribution in [1.29, 1.82) is 0 Å². The number of halogens is 3. The van der Waals surface area contributed by atoms with Gasteiger partial charge in [0.15, 0.2) is 0 Å². The fraction of sp³-hybridized carbons (Fsp3) is 0.769. The maximum Gasteiger partial charge on any atom is 0.406 e. The fourth-order valence-corrected chi connectivity index (χ4v) is 1.74. The molecule has 0 fully saturated rings. The third-order valence-corrected chi connectivity index (χ3v) is 2.53. The third-order valence-electron chi connectivity index (χ3n) is 2.53. The molecule has 0 aliphatic rings. The molecular weight excluding hydrogens is 271 g/mol. The van der Waals surface area contributed by atoms with E-state index in [0.717, 1.165) is 11.4 Å². The van der Waals surface area contributed by atoms with Crippen LogP contribution in [0, 0.1) is 5.92 Å². The molecule has 4 nitrogen and oxygen atoms in total. The van der Waals surface area contributed by atoms with Crippen LogP contribution >= 0.6 is 0 Å². The Bertz CT molecular complexity index is 390. The molecule has 7 heteroatoms. The van der Waals surface area contributed by atoms with Crippen LogP contribution in [0.1, 0.15) is 32.9 Å². The summed E-state index contributed by atoms with van der Waals surface area (Å²) in [5.41, 5.74) is 0.615. The molecule has 0 atom stereocenters. The lowest BCUT2D eigenvalue weighted by atomic mass is 10.2. The van der Waals surface area contributed by atoms with Crippen LogP contribution in [0.3, 0.4) is 0 Å². The normalized spacial score (nSPS) is 12.2. The first kappa shape index (κ1) is 16.8. The monoisotopic (exact) mass is 293 g/mol. The van der Waals surface area contributed by atoms with Gasteiger partial charge in [0.1, 0.15) is 12.8 Å². The molecule has 0 aromatic carbocycles. The first-order valence-electron chi connectivity index (χ1n) is 6.78. The van der Waals surface area contributed by atoms with Crippen molar-refractivity contribution in [3.8, 4) is 0 Å². The molecule has 0 saturated heterocycles. The predicted octanol–water partition coefficient (Wildman–Crippen LogP) is 3.20. The largest absolute Gasteiger partial charge is 0.432 e. The predicted molar refractivity (Wildman–Crippen MR) is 71.6 cm³/mol. The number of oxazole rings is 1. The quantitative estimate of drug-likeness (QED) is 0.799. The number of alkyl halides is 3. The Kier molecular flexibility index (Phi) is 6.32. The molecule has 1 aromatic heterocycles. The standard InChI is InChI=1S/C13H22F3N3O/c1-4-5-19(9-13(14,15)16)12-18-11(8-20-12)7-17-6-10(2)3/h8,10,17H,4-7,9H2,1-3H3. The van der Waals surface area contributed by atoms with Gasteiger partial charge in [-0.05, 0) is 18.9 Å². The number of hydrogen-bond donors (Lipinski definition) is 1. The van der Waals surface area contributed by atoms with Gasteiger partial charge in [0.05, 0.1) is 5.69 Å². The van der Waals surface area contributed by atoms with E-state index in [1.54, 1.807) is 0 Å².